The molecule has 0 N–H and O–H groups in total. The molecule has 4 heteroatoms. The van der Waals surface area contributed by atoms with Crippen molar-refractivity contribution in [2.45, 2.75) is 0 Å². The highest BCUT2D eigenvalue weighted by atomic mass is 15.0. The standard InChI is InChI=1S/C44H26N4/c45-27-33-13-8-14-34(28-46)43(33)48-40-19-7-5-17-38(40)42-41(48)25-24-37-36-16-4-6-18-39(36)47(44(37)42)35-15-9-12-32(26-35)31-22-20-30(21-23-31)29-10-2-1-3-11-29/h1-26H. The van der Waals surface area contributed by atoms with Crippen molar-refractivity contribution in [3.8, 4) is 45.8 Å². The number of para-hydroxylation sites is 3. The van der Waals surface area contributed by atoms with Crippen LogP contribution in [0, 0.1) is 22.7 Å². The summed E-state index contributed by atoms with van der Waals surface area (Å²) in [5.74, 6) is 0. The second-order valence-corrected chi connectivity index (χ2v) is 12.0. The van der Waals surface area contributed by atoms with E-state index in [1.165, 1.54) is 16.5 Å². The monoisotopic (exact) mass is 610 g/mol. The fraction of sp³-hybridized carbons (Fsp3) is 0. The Morgan fingerprint density at radius 2 is 0.958 bits per heavy atom. The fourth-order valence-corrected chi connectivity index (χ4v) is 7.29. The van der Waals surface area contributed by atoms with Gasteiger partial charge < -0.3 is 9.13 Å². The normalized spacial score (nSPS) is 11.3. The molecule has 4 nitrogen and oxygen atoms in total. The van der Waals surface area contributed by atoms with Crippen molar-refractivity contribution < 1.29 is 0 Å². The summed E-state index contributed by atoms with van der Waals surface area (Å²) in [6.07, 6.45) is 0. The van der Waals surface area contributed by atoms with E-state index in [4.69, 9.17) is 0 Å². The minimum atomic E-state index is 0.461. The van der Waals surface area contributed by atoms with Crippen LogP contribution in [0.15, 0.2) is 158 Å². The van der Waals surface area contributed by atoms with Gasteiger partial charge in [-0.3, -0.25) is 0 Å². The zero-order valence-electron chi connectivity index (χ0n) is 25.8. The Morgan fingerprint density at radius 1 is 0.396 bits per heavy atom. The molecule has 9 rings (SSSR count). The van der Waals surface area contributed by atoms with Crippen LogP contribution in [0.4, 0.5) is 0 Å². The number of aromatic nitrogens is 2. The summed E-state index contributed by atoms with van der Waals surface area (Å²) in [6.45, 7) is 0. The predicted molar refractivity (Wildman–Crippen MR) is 195 cm³/mol. The van der Waals surface area contributed by atoms with Crippen molar-refractivity contribution in [2.75, 3.05) is 0 Å². The molecular weight excluding hydrogens is 585 g/mol. The van der Waals surface area contributed by atoms with Crippen molar-refractivity contribution in [3.63, 3.8) is 0 Å². The van der Waals surface area contributed by atoms with Crippen molar-refractivity contribution in [2.24, 2.45) is 0 Å². The fourth-order valence-electron chi connectivity index (χ4n) is 7.29. The molecule has 48 heavy (non-hydrogen) atoms. The average molecular weight is 611 g/mol. The summed E-state index contributed by atoms with van der Waals surface area (Å²) >= 11 is 0. The molecule has 2 aromatic heterocycles. The first-order valence-electron chi connectivity index (χ1n) is 15.9. The molecular formula is C44H26N4. The number of hydrogen-bond donors (Lipinski definition) is 0. The largest absolute Gasteiger partial charge is 0.309 e. The molecule has 7 aromatic carbocycles. The molecule has 0 aliphatic carbocycles. The van der Waals surface area contributed by atoms with Gasteiger partial charge in [-0.25, -0.2) is 0 Å². The molecule has 2 heterocycles. The van der Waals surface area contributed by atoms with Crippen LogP contribution >= 0.6 is 0 Å². The highest BCUT2D eigenvalue weighted by molar-refractivity contribution is 6.26. The Morgan fingerprint density at radius 3 is 1.67 bits per heavy atom. The molecule has 0 atom stereocenters. The van der Waals surface area contributed by atoms with Crippen LogP contribution in [0.5, 0.6) is 0 Å². The Kier molecular flexibility index (Phi) is 6.22. The second-order valence-electron chi connectivity index (χ2n) is 12.0. The van der Waals surface area contributed by atoms with Crippen LogP contribution < -0.4 is 0 Å². The summed E-state index contributed by atoms with van der Waals surface area (Å²) in [4.78, 5) is 0. The molecule has 0 saturated carbocycles. The molecule has 0 saturated heterocycles. The van der Waals surface area contributed by atoms with E-state index >= 15 is 0 Å². The molecule has 0 unspecified atom stereocenters. The quantitative estimate of drug-likeness (QED) is 0.199. The Balaban J connectivity index is 1.34. The lowest BCUT2D eigenvalue weighted by Gasteiger charge is -2.13. The molecule has 222 valence electrons. The molecule has 9 aromatic rings. The first-order valence-corrected chi connectivity index (χ1v) is 15.9. The third-order valence-corrected chi connectivity index (χ3v) is 9.40. The molecule has 0 aliphatic rings. The van der Waals surface area contributed by atoms with E-state index in [0.717, 1.165) is 55.0 Å². The smallest absolute Gasteiger partial charge is 0.101 e. The van der Waals surface area contributed by atoms with Crippen molar-refractivity contribution in [3.05, 3.63) is 169 Å². The number of rotatable bonds is 4. The van der Waals surface area contributed by atoms with Gasteiger partial charge in [-0.05, 0) is 64.7 Å². The van der Waals surface area contributed by atoms with Crippen LogP contribution in [-0.4, -0.2) is 9.13 Å². The van der Waals surface area contributed by atoms with E-state index in [-0.39, 0.29) is 0 Å². The van der Waals surface area contributed by atoms with E-state index in [2.05, 4.69) is 149 Å². The van der Waals surface area contributed by atoms with Crippen LogP contribution in [0.3, 0.4) is 0 Å². The van der Waals surface area contributed by atoms with Crippen molar-refractivity contribution >= 4 is 43.6 Å². The summed E-state index contributed by atoms with van der Waals surface area (Å²) in [6, 6.07) is 59.1. The highest BCUT2D eigenvalue weighted by Crippen LogP contribution is 2.43. The number of hydrogen-bond acceptors (Lipinski definition) is 2. The zero-order valence-corrected chi connectivity index (χ0v) is 25.8. The lowest BCUT2D eigenvalue weighted by molar-refractivity contribution is 1.15. The van der Waals surface area contributed by atoms with Gasteiger partial charge in [-0.15, -0.1) is 0 Å². The third kappa shape index (κ3) is 4.07. The summed E-state index contributed by atoms with van der Waals surface area (Å²) in [5, 5.41) is 24.8. The second kappa shape index (κ2) is 10.9. The number of benzene rings is 7. The van der Waals surface area contributed by atoms with E-state index in [1.54, 1.807) is 18.2 Å². The lowest BCUT2D eigenvalue weighted by Crippen LogP contribution is -2.01. The van der Waals surface area contributed by atoms with Gasteiger partial charge in [-0.1, -0.05) is 115 Å². The van der Waals surface area contributed by atoms with Gasteiger partial charge >= 0.3 is 0 Å². The summed E-state index contributed by atoms with van der Waals surface area (Å²) < 4.78 is 4.46. The lowest BCUT2D eigenvalue weighted by atomic mass is 10.00. The van der Waals surface area contributed by atoms with Gasteiger partial charge in [0.2, 0.25) is 0 Å². The Bertz CT molecular complexity index is 2750. The van der Waals surface area contributed by atoms with Crippen LogP contribution in [-0.2, 0) is 0 Å². The molecule has 0 fully saturated rings. The Labute approximate surface area is 277 Å². The van der Waals surface area contributed by atoms with Crippen molar-refractivity contribution in [1.82, 2.24) is 9.13 Å². The molecule has 0 bridgehead atoms. The topological polar surface area (TPSA) is 57.4 Å². The average Bonchev–Trinajstić information content (AvgIpc) is 3.68. The Hall–Kier alpha value is -6.88. The zero-order chi connectivity index (χ0) is 32.2. The van der Waals surface area contributed by atoms with E-state index in [0.29, 0.717) is 16.8 Å². The van der Waals surface area contributed by atoms with Gasteiger partial charge in [0, 0.05) is 27.2 Å². The van der Waals surface area contributed by atoms with Crippen molar-refractivity contribution in [1.29, 1.82) is 10.5 Å². The highest BCUT2D eigenvalue weighted by Gasteiger charge is 2.23. The first-order chi connectivity index (χ1) is 23.7. The molecule has 0 aliphatic heterocycles. The predicted octanol–water partition coefficient (Wildman–Crippen LogP) is 11.0. The maximum Gasteiger partial charge on any atom is 0.101 e. The van der Waals surface area contributed by atoms with E-state index in [1.807, 2.05) is 12.1 Å². The van der Waals surface area contributed by atoms with Gasteiger partial charge in [0.05, 0.1) is 38.9 Å². The summed E-state index contributed by atoms with van der Waals surface area (Å²) in [5.41, 5.74) is 11.4. The van der Waals surface area contributed by atoms with Crippen LogP contribution in [0.2, 0.25) is 0 Å². The van der Waals surface area contributed by atoms with Gasteiger partial charge in [0.15, 0.2) is 0 Å². The minimum absolute atomic E-state index is 0.461. The third-order valence-electron chi connectivity index (χ3n) is 9.40. The number of fused-ring (bicyclic) bond motifs is 7. The molecule has 0 spiro atoms. The minimum Gasteiger partial charge on any atom is -0.309 e. The SMILES string of the molecule is N#Cc1cccc(C#N)c1-n1c2ccccc2c2c1ccc1c3ccccc3n(-c3cccc(-c4ccc(-c5ccccc5)cc4)c3)c12. The maximum absolute atomic E-state index is 10.2. The maximum atomic E-state index is 10.2. The summed E-state index contributed by atoms with van der Waals surface area (Å²) in [7, 11) is 0. The van der Waals surface area contributed by atoms with Gasteiger partial charge in [0.1, 0.15) is 12.1 Å². The van der Waals surface area contributed by atoms with Gasteiger partial charge in [-0.2, -0.15) is 10.5 Å². The molecule has 0 amide bonds. The first kappa shape index (κ1) is 27.4. The number of nitriles is 2. The van der Waals surface area contributed by atoms with E-state index in [9.17, 15) is 10.5 Å². The number of nitrogens with zero attached hydrogens (tertiary/aromatic N) is 4. The van der Waals surface area contributed by atoms with Crippen LogP contribution in [0.25, 0.3) is 77.2 Å². The van der Waals surface area contributed by atoms with Crippen LogP contribution in [0.1, 0.15) is 11.1 Å². The van der Waals surface area contributed by atoms with Gasteiger partial charge in [0.25, 0.3) is 0 Å². The molecule has 0 radical (unpaired) electrons. The van der Waals surface area contributed by atoms with E-state index < -0.39 is 0 Å².